The smallest absolute Gasteiger partial charge is 0.279 e. The van der Waals surface area contributed by atoms with Crippen molar-refractivity contribution in [2.24, 2.45) is 4.99 Å². The number of rotatable bonds is 7. The highest BCUT2D eigenvalue weighted by Gasteiger charge is 2.11. The first-order valence-corrected chi connectivity index (χ1v) is 10.3. The molecule has 0 saturated heterocycles. The maximum Gasteiger partial charge on any atom is 0.279 e. The van der Waals surface area contributed by atoms with Crippen molar-refractivity contribution in [2.45, 2.75) is 40.3 Å². The Morgan fingerprint density at radius 2 is 1.93 bits per heavy atom. The van der Waals surface area contributed by atoms with Crippen LogP contribution in [0.5, 0.6) is 5.75 Å². The Kier molecular flexibility index (Phi) is 6.65. The van der Waals surface area contributed by atoms with Crippen LogP contribution in [0.25, 0.3) is 10.2 Å². The molecule has 2 aromatic carbocycles. The third kappa shape index (κ3) is 4.69. The zero-order chi connectivity index (χ0) is 20.1. The van der Waals surface area contributed by atoms with E-state index in [1.165, 1.54) is 11.3 Å². The summed E-state index contributed by atoms with van der Waals surface area (Å²) >= 11 is 1.53. The number of hydrogen-bond donors (Lipinski definition) is 0. The minimum atomic E-state index is -0.259. The van der Waals surface area contributed by atoms with Gasteiger partial charge in [-0.3, -0.25) is 4.79 Å². The van der Waals surface area contributed by atoms with Crippen molar-refractivity contribution in [1.29, 1.82) is 0 Å². The first-order chi connectivity index (χ1) is 13.5. The van der Waals surface area contributed by atoms with Crippen molar-refractivity contribution in [3.63, 3.8) is 0 Å². The Hall–Kier alpha value is -2.44. The number of fused-ring (bicyclic) bond motifs is 1. The monoisotopic (exact) mass is 398 g/mol. The number of aromatic nitrogens is 1. The lowest BCUT2D eigenvalue weighted by molar-refractivity contribution is 0.0996. The van der Waals surface area contributed by atoms with Gasteiger partial charge < -0.3 is 14.0 Å². The maximum atomic E-state index is 12.7. The second kappa shape index (κ2) is 9.17. The molecule has 5 nitrogen and oxygen atoms in total. The zero-order valence-electron chi connectivity index (χ0n) is 16.8. The van der Waals surface area contributed by atoms with E-state index in [0.717, 1.165) is 21.5 Å². The van der Waals surface area contributed by atoms with Crippen LogP contribution in [-0.2, 0) is 11.3 Å². The third-order valence-electron chi connectivity index (χ3n) is 4.24. The van der Waals surface area contributed by atoms with Gasteiger partial charge in [0.05, 0.1) is 22.9 Å². The number of nitrogens with zero attached hydrogens (tertiary/aromatic N) is 2. The van der Waals surface area contributed by atoms with Gasteiger partial charge in [0, 0.05) is 18.7 Å². The second-order valence-corrected chi connectivity index (χ2v) is 7.77. The molecule has 1 heterocycles. The van der Waals surface area contributed by atoms with Crippen LogP contribution in [0.2, 0.25) is 0 Å². The lowest BCUT2D eigenvalue weighted by Gasteiger charge is -2.09. The average molecular weight is 399 g/mol. The normalized spacial score (nSPS) is 12.1. The number of ether oxygens (including phenoxy) is 2. The van der Waals surface area contributed by atoms with Crippen LogP contribution in [-0.4, -0.2) is 29.8 Å². The molecule has 0 bridgehead atoms. The lowest BCUT2D eigenvalue weighted by Crippen LogP contribution is -2.20. The minimum absolute atomic E-state index is 0.0947. The molecule has 6 heteroatoms. The molecule has 0 aliphatic rings. The molecule has 0 aliphatic carbocycles. The summed E-state index contributed by atoms with van der Waals surface area (Å²) in [6.45, 7) is 9.90. The van der Waals surface area contributed by atoms with E-state index < -0.39 is 0 Å². The van der Waals surface area contributed by atoms with E-state index in [0.29, 0.717) is 30.1 Å². The van der Waals surface area contributed by atoms with E-state index >= 15 is 0 Å². The molecule has 0 spiro atoms. The fourth-order valence-electron chi connectivity index (χ4n) is 3.00. The summed E-state index contributed by atoms with van der Waals surface area (Å²) in [5, 5.41) is 0. The van der Waals surface area contributed by atoms with Crippen molar-refractivity contribution in [2.75, 3.05) is 13.2 Å². The van der Waals surface area contributed by atoms with Gasteiger partial charge in [0.1, 0.15) is 5.75 Å². The first kappa shape index (κ1) is 20.3. The number of hydrogen-bond acceptors (Lipinski definition) is 4. The van der Waals surface area contributed by atoms with Gasteiger partial charge in [0.25, 0.3) is 5.91 Å². The van der Waals surface area contributed by atoms with Gasteiger partial charge in [-0.15, -0.1) is 0 Å². The number of thiazole rings is 1. The van der Waals surface area contributed by atoms with Gasteiger partial charge in [-0.05, 0) is 63.6 Å². The predicted molar refractivity (Wildman–Crippen MR) is 113 cm³/mol. The fourth-order valence-corrected chi connectivity index (χ4v) is 4.13. The summed E-state index contributed by atoms with van der Waals surface area (Å²) in [6, 6.07) is 13.3. The molecular weight excluding hydrogens is 372 g/mol. The Morgan fingerprint density at radius 1 is 1.18 bits per heavy atom. The summed E-state index contributed by atoms with van der Waals surface area (Å²) in [6.07, 6.45) is 0.0947. The van der Waals surface area contributed by atoms with E-state index in [2.05, 4.69) is 28.6 Å². The van der Waals surface area contributed by atoms with Crippen molar-refractivity contribution >= 4 is 27.5 Å². The SMILES string of the molecule is CCOCCn1c(=NC(=O)c2ccc(OC(C)C)cc2)sc2cccc(C)c21. The summed E-state index contributed by atoms with van der Waals surface area (Å²) in [7, 11) is 0. The molecule has 0 aliphatic heterocycles. The van der Waals surface area contributed by atoms with Crippen molar-refractivity contribution in [3.8, 4) is 5.75 Å². The highest BCUT2D eigenvalue weighted by molar-refractivity contribution is 7.16. The molecule has 0 saturated carbocycles. The Balaban J connectivity index is 1.97. The van der Waals surface area contributed by atoms with Crippen LogP contribution in [0.15, 0.2) is 47.5 Å². The zero-order valence-corrected chi connectivity index (χ0v) is 17.6. The molecule has 0 N–H and O–H groups in total. The lowest BCUT2D eigenvalue weighted by atomic mass is 10.2. The molecule has 148 valence electrons. The van der Waals surface area contributed by atoms with E-state index in [4.69, 9.17) is 9.47 Å². The molecular formula is C22H26N2O3S. The van der Waals surface area contributed by atoms with Gasteiger partial charge in [-0.1, -0.05) is 23.5 Å². The van der Waals surface area contributed by atoms with E-state index in [9.17, 15) is 4.79 Å². The number of carbonyl (C=O) groups is 1. The molecule has 28 heavy (non-hydrogen) atoms. The highest BCUT2D eigenvalue weighted by atomic mass is 32.1. The summed E-state index contributed by atoms with van der Waals surface area (Å²) in [4.78, 5) is 17.9. The Labute approximate surface area is 169 Å². The largest absolute Gasteiger partial charge is 0.491 e. The van der Waals surface area contributed by atoms with E-state index in [1.807, 2.05) is 26.8 Å². The van der Waals surface area contributed by atoms with Gasteiger partial charge in [-0.2, -0.15) is 4.99 Å². The number of aryl methyl sites for hydroxylation is 1. The Morgan fingerprint density at radius 3 is 2.61 bits per heavy atom. The molecule has 1 aromatic heterocycles. The first-order valence-electron chi connectivity index (χ1n) is 9.52. The van der Waals surface area contributed by atoms with Gasteiger partial charge >= 0.3 is 0 Å². The van der Waals surface area contributed by atoms with Gasteiger partial charge in [0.2, 0.25) is 0 Å². The standard InChI is InChI=1S/C22H26N2O3S/c1-5-26-14-13-24-20-16(4)7-6-8-19(20)28-22(24)23-21(25)17-9-11-18(12-10-17)27-15(2)3/h6-12,15H,5,13-14H2,1-4H3. The quantitative estimate of drug-likeness (QED) is 0.548. The summed E-state index contributed by atoms with van der Waals surface area (Å²) < 4.78 is 14.4. The van der Waals surface area contributed by atoms with Crippen LogP contribution >= 0.6 is 11.3 Å². The summed E-state index contributed by atoms with van der Waals surface area (Å²) in [5.74, 6) is 0.487. The van der Waals surface area contributed by atoms with Crippen molar-refractivity contribution < 1.29 is 14.3 Å². The topological polar surface area (TPSA) is 52.8 Å². The van der Waals surface area contributed by atoms with Gasteiger partial charge in [-0.25, -0.2) is 0 Å². The molecule has 0 fully saturated rings. The molecule has 0 unspecified atom stereocenters. The molecule has 1 amide bonds. The van der Waals surface area contributed by atoms with Crippen LogP contribution in [0, 0.1) is 6.92 Å². The number of para-hydroxylation sites is 1. The number of amides is 1. The number of benzene rings is 2. The molecule has 3 aromatic rings. The second-order valence-electron chi connectivity index (χ2n) is 6.76. The fraction of sp³-hybridized carbons (Fsp3) is 0.364. The molecule has 0 atom stereocenters. The molecule has 3 rings (SSSR count). The maximum absolute atomic E-state index is 12.7. The van der Waals surface area contributed by atoms with E-state index in [-0.39, 0.29) is 12.0 Å². The average Bonchev–Trinajstić information content (AvgIpc) is 3.00. The van der Waals surface area contributed by atoms with Crippen LogP contribution in [0.3, 0.4) is 0 Å². The van der Waals surface area contributed by atoms with Crippen LogP contribution in [0.1, 0.15) is 36.7 Å². The van der Waals surface area contributed by atoms with Crippen LogP contribution < -0.4 is 9.54 Å². The van der Waals surface area contributed by atoms with Crippen molar-refractivity contribution in [3.05, 3.63) is 58.4 Å². The third-order valence-corrected chi connectivity index (χ3v) is 5.28. The van der Waals surface area contributed by atoms with Crippen molar-refractivity contribution in [1.82, 2.24) is 4.57 Å². The number of carbonyl (C=O) groups excluding carboxylic acids is 1. The molecule has 0 radical (unpaired) electrons. The predicted octanol–water partition coefficient (Wildman–Crippen LogP) is 4.58. The van der Waals surface area contributed by atoms with Crippen LogP contribution in [0.4, 0.5) is 0 Å². The van der Waals surface area contributed by atoms with Gasteiger partial charge in [0.15, 0.2) is 4.80 Å². The summed E-state index contributed by atoms with van der Waals surface area (Å²) in [5.41, 5.74) is 2.82. The minimum Gasteiger partial charge on any atom is -0.491 e. The van der Waals surface area contributed by atoms with E-state index in [1.54, 1.807) is 24.3 Å². The highest BCUT2D eigenvalue weighted by Crippen LogP contribution is 2.21. The Bertz CT molecular complexity index is 1020.